The van der Waals surface area contributed by atoms with E-state index >= 15 is 0 Å². The van der Waals surface area contributed by atoms with Gasteiger partial charge < -0.3 is 5.11 Å². The average molecular weight is 198 g/mol. The quantitative estimate of drug-likeness (QED) is 0.806. The molecule has 0 aliphatic rings. The van der Waals surface area contributed by atoms with E-state index in [4.69, 9.17) is 16.7 Å². The molecule has 0 aromatic heterocycles. The van der Waals surface area contributed by atoms with Crippen LogP contribution >= 0.6 is 11.6 Å². The highest BCUT2D eigenvalue weighted by molar-refractivity contribution is 6.31. The van der Waals surface area contributed by atoms with E-state index in [1.807, 2.05) is 6.07 Å². The van der Waals surface area contributed by atoms with Crippen LogP contribution in [0, 0.1) is 6.07 Å². The number of carboxylic acids is 1. The van der Waals surface area contributed by atoms with Crippen molar-refractivity contribution in [1.29, 1.82) is 0 Å². The SMILES string of the molecule is O=C(O)CCCc1cc[c]cc1Cl. The van der Waals surface area contributed by atoms with Crippen LogP contribution in [-0.4, -0.2) is 11.1 Å². The number of hydrogen-bond donors (Lipinski definition) is 1. The van der Waals surface area contributed by atoms with Gasteiger partial charge in [0.05, 0.1) is 0 Å². The summed E-state index contributed by atoms with van der Waals surface area (Å²) in [4.78, 5) is 10.2. The summed E-state index contributed by atoms with van der Waals surface area (Å²) in [5, 5.41) is 9.08. The van der Waals surface area contributed by atoms with E-state index in [1.54, 1.807) is 12.1 Å². The van der Waals surface area contributed by atoms with Gasteiger partial charge in [-0.2, -0.15) is 0 Å². The van der Waals surface area contributed by atoms with Gasteiger partial charge in [-0.05, 0) is 30.5 Å². The molecule has 3 heteroatoms. The van der Waals surface area contributed by atoms with Crippen molar-refractivity contribution >= 4 is 17.6 Å². The van der Waals surface area contributed by atoms with Crippen molar-refractivity contribution in [1.82, 2.24) is 0 Å². The van der Waals surface area contributed by atoms with Gasteiger partial charge in [-0.15, -0.1) is 0 Å². The minimum absolute atomic E-state index is 0.189. The summed E-state index contributed by atoms with van der Waals surface area (Å²) in [6.07, 6.45) is 1.52. The van der Waals surface area contributed by atoms with Gasteiger partial charge in [-0.25, -0.2) is 0 Å². The Bertz CT molecular complexity index is 297. The third-order valence-corrected chi connectivity index (χ3v) is 2.09. The smallest absolute Gasteiger partial charge is 0.303 e. The van der Waals surface area contributed by atoms with Gasteiger partial charge in [-0.3, -0.25) is 4.79 Å². The Hall–Kier alpha value is -1.02. The molecule has 0 unspecified atom stereocenters. The van der Waals surface area contributed by atoms with Crippen LogP contribution in [-0.2, 0) is 11.2 Å². The summed E-state index contributed by atoms with van der Waals surface area (Å²) in [5.74, 6) is -0.765. The molecule has 1 aromatic rings. The highest BCUT2D eigenvalue weighted by atomic mass is 35.5. The summed E-state index contributed by atoms with van der Waals surface area (Å²) in [7, 11) is 0. The van der Waals surface area contributed by atoms with Crippen LogP contribution in [0.3, 0.4) is 0 Å². The molecule has 13 heavy (non-hydrogen) atoms. The Kier molecular flexibility index (Phi) is 3.77. The molecule has 0 amide bonds. The zero-order chi connectivity index (χ0) is 9.68. The number of hydrogen-bond acceptors (Lipinski definition) is 1. The van der Waals surface area contributed by atoms with E-state index in [0.29, 0.717) is 17.9 Å². The minimum atomic E-state index is -0.765. The molecule has 0 saturated carbocycles. The lowest BCUT2D eigenvalue weighted by Crippen LogP contribution is -1.96. The van der Waals surface area contributed by atoms with Gasteiger partial charge >= 0.3 is 5.97 Å². The summed E-state index contributed by atoms with van der Waals surface area (Å²) in [5.41, 5.74) is 0.988. The normalized spacial score (nSPS) is 9.92. The molecule has 1 radical (unpaired) electrons. The maximum absolute atomic E-state index is 10.2. The van der Waals surface area contributed by atoms with Crippen LogP contribution in [0.15, 0.2) is 18.2 Å². The summed E-state index contributed by atoms with van der Waals surface area (Å²) in [6, 6.07) is 8.19. The van der Waals surface area contributed by atoms with Crippen molar-refractivity contribution in [2.45, 2.75) is 19.3 Å². The molecule has 1 rings (SSSR count). The van der Waals surface area contributed by atoms with E-state index in [1.165, 1.54) is 0 Å². The van der Waals surface area contributed by atoms with E-state index in [-0.39, 0.29) is 6.42 Å². The third kappa shape index (κ3) is 3.47. The number of carboxylic acid groups (broad SMARTS) is 1. The monoisotopic (exact) mass is 197 g/mol. The first-order chi connectivity index (χ1) is 6.20. The topological polar surface area (TPSA) is 37.3 Å². The summed E-state index contributed by atoms with van der Waals surface area (Å²) in [6.45, 7) is 0. The first-order valence-electron chi connectivity index (χ1n) is 4.06. The van der Waals surface area contributed by atoms with Crippen LogP contribution in [0.25, 0.3) is 0 Å². The van der Waals surface area contributed by atoms with Gasteiger partial charge in [0.25, 0.3) is 0 Å². The highest BCUT2D eigenvalue weighted by Crippen LogP contribution is 2.16. The van der Waals surface area contributed by atoms with Gasteiger partial charge in [-0.1, -0.05) is 23.7 Å². The standard InChI is InChI=1S/C10H10ClO2/c11-9-6-2-1-4-8(9)5-3-7-10(12)13/h1,4,6H,3,5,7H2,(H,12,13). The second-order valence-corrected chi connectivity index (χ2v) is 3.17. The average Bonchev–Trinajstić information content (AvgIpc) is 2.08. The van der Waals surface area contributed by atoms with Crippen LogP contribution in [0.5, 0.6) is 0 Å². The van der Waals surface area contributed by atoms with Crippen LogP contribution in [0.4, 0.5) is 0 Å². The largest absolute Gasteiger partial charge is 0.481 e. The van der Waals surface area contributed by atoms with Crippen molar-refractivity contribution < 1.29 is 9.90 Å². The fourth-order valence-electron chi connectivity index (χ4n) is 1.08. The number of carbonyl (C=O) groups is 1. The van der Waals surface area contributed by atoms with Crippen molar-refractivity contribution in [3.63, 3.8) is 0 Å². The zero-order valence-electron chi connectivity index (χ0n) is 7.09. The van der Waals surface area contributed by atoms with Gasteiger partial charge in [0.1, 0.15) is 0 Å². The molecule has 2 nitrogen and oxygen atoms in total. The maximum Gasteiger partial charge on any atom is 0.303 e. The highest BCUT2D eigenvalue weighted by Gasteiger charge is 2.00. The molecule has 0 bridgehead atoms. The number of aryl methyl sites for hydroxylation is 1. The second kappa shape index (κ2) is 4.87. The Morgan fingerprint density at radius 1 is 1.62 bits per heavy atom. The van der Waals surface area contributed by atoms with E-state index < -0.39 is 5.97 Å². The van der Waals surface area contributed by atoms with Gasteiger partial charge in [0.2, 0.25) is 0 Å². The van der Waals surface area contributed by atoms with Crippen molar-refractivity contribution in [3.8, 4) is 0 Å². The Labute approximate surface area is 82.2 Å². The van der Waals surface area contributed by atoms with E-state index in [9.17, 15) is 4.79 Å². The van der Waals surface area contributed by atoms with Crippen molar-refractivity contribution in [2.24, 2.45) is 0 Å². The Balaban J connectivity index is 2.45. The predicted molar refractivity (Wildman–Crippen MR) is 50.9 cm³/mol. The lowest BCUT2D eigenvalue weighted by atomic mass is 10.1. The first-order valence-corrected chi connectivity index (χ1v) is 4.44. The zero-order valence-corrected chi connectivity index (χ0v) is 7.84. The number of halogens is 1. The molecular formula is C10H10ClO2. The third-order valence-electron chi connectivity index (χ3n) is 1.73. The summed E-state index contributed by atoms with van der Waals surface area (Å²) >= 11 is 5.86. The predicted octanol–water partition coefficient (Wildman–Crippen LogP) is 2.55. The van der Waals surface area contributed by atoms with E-state index in [0.717, 1.165) is 5.56 Å². The minimum Gasteiger partial charge on any atom is -0.481 e. The van der Waals surface area contributed by atoms with Gasteiger partial charge in [0, 0.05) is 11.4 Å². The maximum atomic E-state index is 10.2. The lowest BCUT2D eigenvalue weighted by molar-refractivity contribution is -0.137. The van der Waals surface area contributed by atoms with Crippen molar-refractivity contribution in [2.75, 3.05) is 0 Å². The number of aliphatic carboxylic acids is 1. The van der Waals surface area contributed by atoms with Crippen LogP contribution in [0.2, 0.25) is 5.02 Å². The summed E-state index contributed by atoms with van der Waals surface area (Å²) < 4.78 is 0. The number of benzene rings is 1. The molecule has 1 aromatic carbocycles. The molecule has 0 atom stereocenters. The fraction of sp³-hybridized carbons (Fsp3) is 0.300. The molecule has 0 aliphatic heterocycles. The first kappa shape index (κ1) is 10.1. The lowest BCUT2D eigenvalue weighted by Gasteiger charge is -2.01. The molecule has 69 valence electrons. The molecule has 0 spiro atoms. The second-order valence-electron chi connectivity index (χ2n) is 2.76. The Morgan fingerprint density at radius 2 is 2.38 bits per heavy atom. The molecule has 1 N–H and O–H groups in total. The van der Waals surface area contributed by atoms with Crippen LogP contribution in [0.1, 0.15) is 18.4 Å². The molecule has 0 fully saturated rings. The van der Waals surface area contributed by atoms with E-state index in [2.05, 4.69) is 6.07 Å². The van der Waals surface area contributed by atoms with Gasteiger partial charge in [0.15, 0.2) is 0 Å². The number of rotatable bonds is 4. The molecule has 0 aliphatic carbocycles. The fourth-order valence-corrected chi connectivity index (χ4v) is 1.30. The van der Waals surface area contributed by atoms with Crippen LogP contribution < -0.4 is 0 Å². The van der Waals surface area contributed by atoms with Crippen molar-refractivity contribution in [3.05, 3.63) is 34.9 Å². The molecule has 0 saturated heterocycles. The molecule has 0 heterocycles. The molecular weight excluding hydrogens is 188 g/mol. The Morgan fingerprint density at radius 3 is 3.00 bits per heavy atom.